The van der Waals surface area contributed by atoms with Gasteiger partial charge in [0.15, 0.2) is 0 Å². The van der Waals surface area contributed by atoms with Crippen molar-refractivity contribution in [2.75, 3.05) is 40.3 Å². The Morgan fingerprint density at radius 1 is 1.10 bits per heavy atom. The van der Waals surface area contributed by atoms with Crippen molar-refractivity contribution in [1.82, 2.24) is 9.80 Å². The van der Waals surface area contributed by atoms with Crippen LogP contribution in [0.25, 0.3) is 0 Å². The predicted octanol–water partition coefficient (Wildman–Crippen LogP) is 2.36. The van der Waals surface area contributed by atoms with Gasteiger partial charge in [-0.05, 0) is 52.2 Å². The van der Waals surface area contributed by atoms with E-state index in [1.165, 1.54) is 0 Å². The van der Waals surface area contributed by atoms with Gasteiger partial charge in [-0.1, -0.05) is 19.1 Å². The van der Waals surface area contributed by atoms with Gasteiger partial charge >= 0.3 is 0 Å². The molecule has 0 radical (unpaired) electrons. The molecule has 0 aliphatic carbocycles. The third kappa shape index (κ3) is 6.04. The van der Waals surface area contributed by atoms with Crippen LogP contribution in [0.3, 0.4) is 0 Å². The van der Waals surface area contributed by atoms with E-state index in [0.29, 0.717) is 12.6 Å². The highest BCUT2D eigenvalue weighted by molar-refractivity contribution is 5.29. The number of rotatable bonds is 9. The summed E-state index contributed by atoms with van der Waals surface area (Å²) in [6.45, 7) is 10.1. The molecule has 2 unspecified atom stereocenters. The first-order valence-electron chi connectivity index (χ1n) is 7.85. The zero-order chi connectivity index (χ0) is 15.8. The van der Waals surface area contributed by atoms with E-state index in [1.54, 1.807) is 0 Å². The summed E-state index contributed by atoms with van der Waals surface area (Å²) in [7, 11) is 4.22. The standard InChI is InChI=1S/C17H31N3O/c1-6-20(14(3)12-19(4)5)13-17(18)15-8-10-16(11-9-15)21-7-2/h8-11,14,17H,6-7,12-13,18H2,1-5H3. The minimum absolute atomic E-state index is 0.0326. The van der Waals surface area contributed by atoms with Crippen LogP contribution in [0.4, 0.5) is 0 Å². The van der Waals surface area contributed by atoms with Crippen LogP contribution in [0.15, 0.2) is 24.3 Å². The first-order chi connectivity index (χ1) is 9.97. The van der Waals surface area contributed by atoms with Crippen LogP contribution in [-0.2, 0) is 0 Å². The highest BCUT2D eigenvalue weighted by Gasteiger charge is 2.17. The molecule has 2 atom stereocenters. The van der Waals surface area contributed by atoms with Crippen molar-refractivity contribution in [3.63, 3.8) is 0 Å². The quantitative estimate of drug-likeness (QED) is 0.759. The lowest BCUT2D eigenvalue weighted by molar-refractivity contribution is 0.172. The summed E-state index contributed by atoms with van der Waals surface area (Å²) in [4.78, 5) is 4.65. The van der Waals surface area contributed by atoms with Crippen molar-refractivity contribution in [3.8, 4) is 5.75 Å². The van der Waals surface area contributed by atoms with Crippen LogP contribution in [0, 0.1) is 0 Å². The summed E-state index contributed by atoms with van der Waals surface area (Å²) in [5.41, 5.74) is 7.53. The lowest BCUT2D eigenvalue weighted by atomic mass is 10.1. The van der Waals surface area contributed by atoms with Crippen molar-refractivity contribution in [1.29, 1.82) is 0 Å². The molecule has 0 bridgehead atoms. The van der Waals surface area contributed by atoms with E-state index < -0.39 is 0 Å². The molecule has 0 saturated heterocycles. The Bertz CT molecular complexity index is 392. The van der Waals surface area contributed by atoms with Crippen LogP contribution in [-0.4, -0.2) is 56.2 Å². The molecule has 2 N–H and O–H groups in total. The van der Waals surface area contributed by atoms with Gasteiger partial charge in [0.05, 0.1) is 6.61 Å². The van der Waals surface area contributed by atoms with Crippen LogP contribution in [0.5, 0.6) is 5.75 Å². The van der Waals surface area contributed by atoms with E-state index in [0.717, 1.165) is 30.9 Å². The van der Waals surface area contributed by atoms with Gasteiger partial charge in [0.25, 0.3) is 0 Å². The monoisotopic (exact) mass is 293 g/mol. The number of likely N-dealkylation sites (N-methyl/N-ethyl adjacent to an activating group) is 2. The summed E-state index contributed by atoms with van der Waals surface area (Å²) < 4.78 is 5.47. The maximum absolute atomic E-state index is 6.37. The predicted molar refractivity (Wildman–Crippen MR) is 89.8 cm³/mol. The highest BCUT2D eigenvalue weighted by Crippen LogP contribution is 2.18. The second-order valence-corrected chi connectivity index (χ2v) is 5.81. The first kappa shape index (κ1) is 18.0. The van der Waals surface area contributed by atoms with Crippen molar-refractivity contribution in [2.45, 2.75) is 32.9 Å². The van der Waals surface area contributed by atoms with Gasteiger partial charge in [-0.15, -0.1) is 0 Å². The van der Waals surface area contributed by atoms with Gasteiger partial charge in [0.1, 0.15) is 5.75 Å². The van der Waals surface area contributed by atoms with Crippen molar-refractivity contribution in [3.05, 3.63) is 29.8 Å². The molecule has 0 aliphatic rings. The third-order valence-electron chi connectivity index (χ3n) is 3.71. The van der Waals surface area contributed by atoms with E-state index in [-0.39, 0.29) is 6.04 Å². The Kier molecular flexibility index (Phi) is 7.72. The largest absolute Gasteiger partial charge is 0.494 e. The number of nitrogens with two attached hydrogens (primary N) is 1. The zero-order valence-corrected chi connectivity index (χ0v) is 14.2. The van der Waals surface area contributed by atoms with E-state index in [9.17, 15) is 0 Å². The highest BCUT2D eigenvalue weighted by atomic mass is 16.5. The molecule has 1 aromatic carbocycles. The van der Waals surface area contributed by atoms with Crippen LogP contribution in [0.1, 0.15) is 32.4 Å². The summed E-state index contributed by atoms with van der Waals surface area (Å²) >= 11 is 0. The van der Waals surface area contributed by atoms with Gasteiger partial charge in [0, 0.05) is 25.2 Å². The van der Waals surface area contributed by atoms with E-state index in [4.69, 9.17) is 10.5 Å². The first-order valence-corrected chi connectivity index (χ1v) is 7.85. The maximum atomic E-state index is 6.37. The number of ether oxygens (including phenoxy) is 1. The van der Waals surface area contributed by atoms with E-state index in [1.807, 2.05) is 19.1 Å². The molecular formula is C17H31N3O. The van der Waals surface area contributed by atoms with Gasteiger partial charge in [0.2, 0.25) is 0 Å². The van der Waals surface area contributed by atoms with Gasteiger partial charge in [-0.3, -0.25) is 4.90 Å². The average molecular weight is 293 g/mol. The van der Waals surface area contributed by atoms with E-state index >= 15 is 0 Å². The Balaban J connectivity index is 2.62. The molecular weight excluding hydrogens is 262 g/mol. The molecule has 0 aliphatic heterocycles. The third-order valence-corrected chi connectivity index (χ3v) is 3.71. The molecule has 0 amide bonds. The number of hydrogen-bond donors (Lipinski definition) is 1. The SMILES string of the molecule is CCOc1ccc(C(N)CN(CC)C(C)CN(C)C)cc1. The molecule has 1 rings (SSSR count). The fourth-order valence-corrected chi connectivity index (χ4v) is 2.60. The maximum Gasteiger partial charge on any atom is 0.119 e. The van der Waals surface area contributed by atoms with Crippen LogP contribution < -0.4 is 10.5 Å². The molecule has 21 heavy (non-hydrogen) atoms. The summed E-state index contributed by atoms with van der Waals surface area (Å²) in [6.07, 6.45) is 0. The molecule has 0 fully saturated rings. The normalized spacial score (nSPS) is 14.5. The van der Waals surface area contributed by atoms with Gasteiger partial charge < -0.3 is 15.4 Å². The molecule has 0 aromatic heterocycles. The smallest absolute Gasteiger partial charge is 0.119 e. The second kappa shape index (κ2) is 9.03. The minimum atomic E-state index is 0.0326. The van der Waals surface area contributed by atoms with Crippen LogP contribution >= 0.6 is 0 Å². The molecule has 0 saturated carbocycles. The molecule has 0 spiro atoms. The van der Waals surface area contributed by atoms with Gasteiger partial charge in [-0.2, -0.15) is 0 Å². The Morgan fingerprint density at radius 2 is 1.71 bits per heavy atom. The number of hydrogen-bond acceptors (Lipinski definition) is 4. The summed E-state index contributed by atoms with van der Waals surface area (Å²) in [5, 5.41) is 0. The van der Waals surface area contributed by atoms with Crippen molar-refractivity contribution >= 4 is 0 Å². The van der Waals surface area contributed by atoms with Crippen LogP contribution in [0.2, 0.25) is 0 Å². The number of benzene rings is 1. The molecule has 4 heteroatoms. The Morgan fingerprint density at radius 3 is 2.19 bits per heavy atom. The molecule has 120 valence electrons. The Labute approximate surface area is 129 Å². The summed E-state index contributed by atoms with van der Waals surface area (Å²) in [6, 6.07) is 8.67. The molecule has 4 nitrogen and oxygen atoms in total. The molecule has 0 heterocycles. The average Bonchev–Trinajstić information content (AvgIpc) is 2.44. The fourth-order valence-electron chi connectivity index (χ4n) is 2.60. The van der Waals surface area contributed by atoms with E-state index in [2.05, 4.69) is 49.9 Å². The minimum Gasteiger partial charge on any atom is -0.494 e. The fraction of sp³-hybridized carbons (Fsp3) is 0.647. The van der Waals surface area contributed by atoms with Gasteiger partial charge in [-0.25, -0.2) is 0 Å². The zero-order valence-electron chi connectivity index (χ0n) is 14.2. The second-order valence-electron chi connectivity index (χ2n) is 5.81. The number of nitrogens with zero attached hydrogens (tertiary/aromatic N) is 2. The summed E-state index contributed by atoms with van der Waals surface area (Å²) in [5.74, 6) is 0.904. The lowest BCUT2D eigenvalue weighted by Crippen LogP contribution is -2.43. The topological polar surface area (TPSA) is 41.7 Å². The van der Waals surface area contributed by atoms with Crippen molar-refractivity contribution < 1.29 is 4.74 Å². The lowest BCUT2D eigenvalue weighted by Gasteiger charge is -2.32. The Hall–Kier alpha value is -1.10. The molecule has 1 aromatic rings. The van der Waals surface area contributed by atoms with Crippen molar-refractivity contribution in [2.24, 2.45) is 5.73 Å².